The minimum atomic E-state index is 0.180. The third-order valence-corrected chi connectivity index (χ3v) is 4.41. The van der Waals surface area contributed by atoms with Crippen LogP contribution in [0.25, 0.3) is 0 Å². The van der Waals surface area contributed by atoms with Gasteiger partial charge in [-0.2, -0.15) is 0 Å². The maximum Gasteiger partial charge on any atom is 0.225 e. The summed E-state index contributed by atoms with van der Waals surface area (Å²) in [4.78, 5) is 14.1. The van der Waals surface area contributed by atoms with Crippen molar-refractivity contribution in [2.24, 2.45) is 17.6 Å². The van der Waals surface area contributed by atoms with E-state index in [1.165, 1.54) is 0 Å². The van der Waals surface area contributed by atoms with Gasteiger partial charge in [0.2, 0.25) is 5.91 Å². The summed E-state index contributed by atoms with van der Waals surface area (Å²) in [5, 5.41) is 0. The predicted octanol–water partition coefficient (Wildman–Crippen LogP) is 1.39. The molecule has 1 saturated heterocycles. The lowest BCUT2D eigenvalue weighted by Gasteiger charge is -2.26. The highest BCUT2D eigenvalue weighted by atomic mass is 16.5. The van der Waals surface area contributed by atoms with Gasteiger partial charge in [-0.1, -0.05) is 0 Å². The number of nitrogens with zero attached hydrogens (tertiary/aromatic N) is 1. The van der Waals surface area contributed by atoms with Crippen LogP contribution < -0.4 is 5.73 Å². The third-order valence-electron chi connectivity index (χ3n) is 4.41. The molecule has 0 spiro atoms. The van der Waals surface area contributed by atoms with Crippen LogP contribution in [0, 0.1) is 11.8 Å². The molecule has 4 nitrogen and oxygen atoms in total. The first-order valence-corrected chi connectivity index (χ1v) is 7.25. The van der Waals surface area contributed by atoms with Gasteiger partial charge in [0.1, 0.15) is 0 Å². The van der Waals surface area contributed by atoms with E-state index < -0.39 is 0 Å². The third kappa shape index (κ3) is 3.69. The molecule has 0 bridgehead atoms. The molecule has 104 valence electrons. The van der Waals surface area contributed by atoms with E-state index in [9.17, 15) is 4.79 Å². The Bertz CT molecular complexity index is 277. The van der Waals surface area contributed by atoms with Crippen molar-refractivity contribution in [3.05, 3.63) is 0 Å². The van der Waals surface area contributed by atoms with Gasteiger partial charge < -0.3 is 15.4 Å². The molecule has 2 unspecified atom stereocenters. The molecule has 1 amide bonds. The van der Waals surface area contributed by atoms with Crippen LogP contribution in [0.2, 0.25) is 0 Å². The summed E-state index contributed by atoms with van der Waals surface area (Å²) >= 11 is 0. The van der Waals surface area contributed by atoms with Crippen LogP contribution in [0.3, 0.4) is 0 Å². The van der Waals surface area contributed by atoms with Gasteiger partial charge in [0, 0.05) is 38.8 Å². The first-order valence-electron chi connectivity index (χ1n) is 7.25. The summed E-state index contributed by atoms with van der Waals surface area (Å²) < 4.78 is 5.35. The van der Waals surface area contributed by atoms with Gasteiger partial charge in [-0.05, 0) is 44.4 Å². The molecule has 1 aliphatic carbocycles. The van der Waals surface area contributed by atoms with Gasteiger partial charge in [-0.3, -0.25) is 4.79 Å². The molecule has 0 aromatic rings. The molecule has 2 N–H and O–H groups in total. The van der Waals surface area contributed by atoms with Crippen LogP contribution in [0.4, 0.5) is 0 Å². The molecule has 1 saturated carbocycles. The lowest BCUT2D eigenvalue weighted by Crippen LogP contribution is -2.34. The van der Waals surface area contributed by atoms with Crippen molar-refractivity contribution < 1.29 is 9.53 Å². The molecule has 1 heterocycles. The fourth-order valence-corrected chi connectivity index (χ4v) is 3.07. The van der Waals surface area contributed by atoms with Crippen molar-refractivity contribution in [2.45, 2.75) is 44.6 Å². The average molecular weight is 254 g/mol. The van der Waals surface area contributed by atoms with E-state index >= 15 is 0 Å². The number of nitrogens with two attached hydrogens (primary N) is 1. The second-order valence-electron chi connectivity index (χ2n) is 5.87. The largest absolute Gasteiger partial charge is 0.381 e. The van der Waals surface area contributed by atoms with Crippen LogP contribution in [-0.2, 0) is 9.53 Å². The van der Waals surface area contributed by atoms with Gasteiger partial charge in [0.25, 0.3) is 0 Å². The molecule has 2 atom stereocenters. The van der Waals surface area contributed by atoms with E-state index in [0.29, 0.717) is 5.91 Å². The number of ether oxygens (including phenoxy) is 1. The van der Waals surface area contributed by atoms with Gasteiger partial charge in [0.15, 0.2) is 0 Å². The van der Waals surface area contributed by atoms with E-state index in [2.05, 4.69) is 0 Å². The molecule has 18 heavy (non-hydrogen) atoms. The summed E-state index contributed by atoms with van der Waals surface area (Å²) in [6.07, 6.45) is 6.27. The molecule has 2 fully saturated rings. The first-order chi connectivity index (χ1) is 8.66. The first kappa shape index (κ1) is 13.8. The standard InChI is InChI=1S/C14H26N2O2/c1-16(7-4-11-5-8-18-9-6-11)14(17)12-2-3-13(15)10-12/h11-13H,2-10,15H2,1H3. The predicted molar refractivity (Wildman–Crippen MR) is 71.1 cm³/mol. The normalized spacial score (nSPS) is 29.4. The zero-order valence-electron chi connectivity index (χ0n) is 11.4. The van der Waals surface area contributed by atoms with E-state index in [-0.39, 0.29) is 12.0 Å². The lowest BCUT2D eigenvalue weighted by molar-refractivity contribution is -0.134. The average Bonchev–Trinajstić information content (AvgIpc) is 2.83. The van der Waals surface area contributed by atoms with Crippen LogP contribution in [0.1, 0.15) is 38.5 Å². The summed E-state index contributed by atoms with van der Waals surface area (Å²) in [6, 6.07) is 0.239. The Labute approximate surface area is 110 Å². The van der Waals surface area contributed by atoms with Crippen LogP contribution in [0.5, 0.6) is 0 Å². The molecule has 2 aliphatic rings. The quantitative estimate of drug-likeness (QED) is 0.825. The summed E-state index contributed by atoms with van der Waals surface area (Å²) in [5.41, 5.74) is 5.87. The van der Waals surface area contributed by atoms with Crippen molar-refractivity contribution in [1.29, 1.82) is 0 Å². The lowest BCUT2D eigenvalue weighted by atomic mass is 9.96. The number of hydrogen-bond donors (Lipinski definition) is 1. The van der Waals surface area contributed by atoms with Crippen LogP contribution in [0.15, 0.2) is 0 Å². The fourth-order valence-electron chi connectivity index (χ4n) is 3.07. The fraction of sp³-hybridized carbons (Fsp3) is 0.929. The Morgan fingerprint density at radius 2 is 2.00 bits per heavy atom. The van der Waals surface area contributed by atoms with Gasteiger partial charge in [0.05, 0.1) is 0 Å². The summed E-state index contributed by atoms with van der Waals surface area (Å²) in [7, 11) is 1.94. The SMILES string of the molecule is CN(CCC1CCOCC1)C(=O)C1CCC(N)C1. The van der Waals surface area contributed by atoms with E-state index in [1.807, 2.05) is 11.9 Å². The monoisotopic (exact) mass is 254 g/mol. The molecular weight excluding hydrogens is 228 g/mol. The second-order valence-corrected chi connectivity index (χ2v) is 5.87. The molecule has 2 rings (SSSR count). The summed E-state index contributed by atoms with van der Waals surface area (Å²) in [5.74, 6) is 1.22. The summed E-state index contributed by atoms with van der Waals surface area (Å²) in [6.45, 7) is 2.66. The number of carbonyl (C=O) groups excluding carboxylic acids is 1. The Morgan fingerprint density at radius 3 is 2.61 bits per heavy atom. The topological polar surface area (TPSA) is 55.6 Å². The molecule has 4 heteroatoms. The highest BCUT2D eigenvalue weighted by Gasteiger charge is 2.29. The van der Waals surface area contributed by atoms with E-state index in [1.54, 1.807) is 0 Å². The molecule has 0 aromatic carbocycles. The number of carbonyl (C=O) groups is 1. The molecule has 0 aromatic heterocycles. The smallest absolute Gasteiger partial charge is 0.225 e. The van der Waals surface area contributed by atoms with E-state index in [0.717, 1.165) is 64.2 Å². The number of hydrogen-bond acceptors (Lipinski definition) is 3. The Morgan fingerprint density at radius 1 is 1.28 bits per heavy atom. The zero-order chi connectivity index (χ0) is 13.0. The van der Waals surface area contributed by atoms with Gasteiger partial charge in [-0.25, -0.2) is 0 Å². The molecule has 0 radical (unpaired) electrons. The van der Waals surface area contributed by atoms with Crippen LogP contribution in [-0.4, -0.2) is 43.7 Å². The second kappa shape index (κ2) is 6.53. The highest BCUT2D eigenvalue weighted by molar-refractivity contribution is 5.78. The minimum absolute atomic E-state index is 0.180. The van der Waals surface area contributed by atoms with Crippen molar-refractivity contribution in [3.63, 3.8) is 0 Å². The Kier molecular flexibility index (Phi) is 5.01. The maximum atomic E-state index is 12.2. The minimum Gasteiger partial charge on any atom is -0.381 e. The van der Waals surface area contributed by atoms with Crippen molar-refractivity contribution >= 4 is 5.91 Å². The van der Waals surface area contributed by atoms with Crippen molar-refractivity contribution in [1.82, 2.24) is 4.90 Å². The van der Waals surface area contributed by atoms with Gasteiger partial charge >= 0.3 is 0 Å². The van der Waals surface area contributed by atoms with Gasteiger partial charge in [-0.15, -0.1) is 0 Å². The van der Waals surface area contributed by atoms with Crippen molar-refractivity contribution in [2.75, 3.05) is 26.8 Å². The van der Waals surface area contributed by atoms with E-state index in [4.69, 9.17) is 10.5 Å². The Balaban J connectivity index is 1.70. The highest BCUT2D eigenvalue weighted by Crippen LogP contribution is 2.26. The number of amides is 1. The van der Waals surface area contributed by atoms with Crippen molar-refractivity contribution in [3.8, 4) is 0 Å². The Hall–Kier alpha value is -0.610. The zero-order valence-corrected chi connectivity index (χ0v) is 11.4. The number of rotatable bonds is 4. The molecular formula is C14H26N2O2. The molecule has 1 aliphatic heterocycles. The maximum absolute atomic E-state index is 12.2. The van der Waals surface area contributed by atoms with Crippen LogP contribution >= 0.6 is 0 Å².